The Morgan fingerprint density at radius 3 is 2.44 bits per heavy atom. The van der Waals surface area contributed by atoms with Crippen LogP contribution in [0.5, 0.6) is 11.5 Å². The molecule has 2 aromatic carbocycles. The number of benzene rings is 2. The summed E-state index contributed by atoms with van der Waals surface area (Å²) in [7, 11) is 3.01. The normalized spacial score (nSPS) is 14.9. The molecule has 0 spiro atoms. The molecule has 1 aliphatic rings. The highest BCUT2D eigenvalue weighted by Crippen LogP contribution is 2.19. The zero-order chi connectivity index (χ0) is 19.4. The molecule has 27 heavy (non-hydrogen) atoms. The Balaban J connectivity index is 1.62. The van der Waals surface area contributed by atoms with Gasteiger partial charge in [-0.1, -0.05) is 0 Å². The zero-order valence-corrected chi connectivity index (χ0v) is 15.4. The molecule has 0 aliphatic carbocycles. The molecule has 1 saturated heterocycles. The Hall–Kier alpha value is -2.67. The van der Waals surface area contributed by atoms with Gasteiger partial charge in [-0.2, -0.15) is 0 Å². The van der Waals surface area contributed by atoms with E-state index in [9.17, 15) is 13.6 Å². The molecular formula is C20H23F2N2O3+. The van der Waals surface area contributed by atoms with Crippen molar-refractivity contribution in [3.8, 4) is 11.5 Å². The van der Waals surface area contributed by atoms with E-state index in [0.717, 1.165) is 5.56 Å². The zero-order valence-electron chi connectivity index (χ0n) is 15.4. The topological polar surface area (TPSA) is 43.2 Å². The van der Waals surface area contributed by atoms with E-state index >= 15 is 0 Å². The van der Waals surface area contributed by atoms with Crippen LogP contribution in [0.3, 0.4) is 0 Å². The maximum Gasteiger partial charge on any atom is 0.257 e. The Kier molecular flexibility index (Phi) is 5.91. The smallest absolute Gasteiger partial charge is 0.257 e. The van der Waals surface area contributed by atoms with E-state index in [0.29, 0.717) is 44.2 Å². The van der Waals surface area contributed by atoms with Gasteiger partial charge >= 0.3 is 0 Å². The number of nitrogens with zero attached hydrogens (tertiary/aromatic N) is 1. The Labute approximate surface area is 157 Å². The van der Waals surface area contributed by atoms with Crippen molar-refractivity contribution in [3.63, 3.8) is 0 Å². The SMILES string of the molecule is COc1ccc(C(=O)N2CC[NH+](Cc3cc(F)ccc3OC)CC2)c(F)c1. The molecular weight excluding hydrogens is 354 g/mol. The van der Waals surface area contributed by atoms with Gasteiger partial charge in [0, 0.05) is 6.07 Å². The second kappa shape index (κ2) is 8.35. The number of carbonyl (C=O) groups is 1. The van der Waals surface area contributed by atoms with Crippen LogP contribution in [0.15, 0.2) is 36.4 Å². The summed E-state index contributed by atoms with van der Waals surface area (Å²) < 4.78 is 37.9. The Morgan fingerprint density at radius 2 is 1.81 bits per heavy atom. The van der Waals surface area contributed by atoms with Gasteiger partial charge in [0.1, 0.15) is 29.7 Å². The third kappa shape index (κ3) is 4.36. The molecule has 0 radical (unpaired) electrons. The first-order valence-electron chi connectivity index (χ1n) is 8.80. The van der Waals surface area contributed by atoms with Crippen LogP contribution in [0, 0.1) is 11.6 Å². The van der Waals surface area contributed by atoms with Crippen LogP contribution in [0.1, 0.15) is 15.9 Å². The molecule has 7 heteroatoms. The number of rotatable bonds is 5. The molecule has 0 aromatic heterocycles. The van der Waals surface area contributed by atoms with Crippen LogP contribution in [-0.4, -0.2) is 51.2 Å². The fourth-order valence-corrected chi connectivity index (χ4v) is 3.32. The first kappa shape index (κ1) is 19.1. The van der Waals surface area contributed by atoms with Crippen molar-refractivity contribution in [1.29, 1.82) is 0 Å². The van der Waals surface area contributed by atoms with E-state index < -0.39 is 5.82 Å². The molecule has 0 unspecified atom stereocenters. The molecule has 2 aromatic rings. The van der Waals surface area contributed by atoms with Gasteiger partial charge in [0.2, 0.25) is 0 Å². The van der Waals surface area contributed by atoms with E-state index in [1.165, 1.54) is 36.3 Å². The van der Waals surface area contributed by atoms with E-state index in [1.54, 1.807) is 24.1 Å². The fourth-order valence-electron chi connectivity index (χ4n) is 3.32. The number of nitrogens with one attached hydrogen (secondary N) is 1. The van der Waals surface area contributed by atoms with Gasteiger partial charge in [0.25, 0.3) is 5.91 Å². The minimum Gasteiger partial charge on any atom is -0.497 e. The van der Waals surface area contributed by atoms with Crippen molar-refractivity contribution in [2.75, 3.05) is 40.4 Å². The van der Waals surface area contributed by atoms with Gasteiger partial charge in [-0.05, 0) is 30.3 Å². The maximum absolute atomic E-state index is 14.1. The molecule has 1 N–H and O–H groups in total. The van der Waals surface area contributed by atoms with Crippen LogP contribution >= 0.6 is 0 Å². The van der Waals surface area contributed by atoms with Gasteiger partial charge in [0.05, 0.1) is 51.5 Å². The predicted molar refractivity (Wildman–Crippen MR) is 96.2 cm³/mol. The molecule has 144 valence electrons. The number of hydrogen-bond acceptors (Lipinski definition) is 3. The van der Waals surface area contributed by atoms with Crippen LogP contribution in [-0.2, 0) is 6.54 Å². The molecule has 0 saturated carbocycles. The molecule has 0 atom stereocenters. The average molecular weight is 377 g/mol. The van der Waals surface area contributed by atoms with Crippen molar-refractivity contribution < 1.29 is 27.9 Å². The summed E-state index contributed by atoms with van der Waals surface area (Å²) in [5, 5.41) is 0. The second-order valence-electron chi connectivity index (χ2n) is 6.52. The standard InChI is InChI=1S/C20H22F2N2O3/c1-26-16-4-5-17(18(22)12-16)20(25)24-9-7-23(8-10-24)13-14-11-15(21)3-6-19(14)27-2/h3-6,11-12H,7-10,13H2,1-2H3/p+1. The van der Waals surface area contributed by atoms with Crippen molar-refractivity contribution in [3.05, 3.63) is 59.2 Å². The summed E-state index contributed by atoms with van der Waals surface area (Å²) in [6.07, 6.45) is 0. The van der Waals surface area contributed by atoms with Crippen molar-refractivity contribution in [1.82, 2.24) is 4.90 Å². The summed E-state index contributed by atoms with van der Waals surface area (Å²) >= 11 is 0. The van der Waals surface area contributed by atoms with Crippen LogP contribution < -0.4 is 14.4 Å². The fraction of sp³-hybridized carbons (Fsp3) is 0.350. The summed E-state index contributed by atoms with van der Waals surface area (Å²) in [5.41, 5.74) is 0.847. The summed E-state index contributed by atoms with van der Waals surface area (Å²) in [6, 6.07) is 8.72. The van der Waals surface area contributed by atoms with Gasteiger partial charge in [-0.3, -0.25) is 4.79 Å². The van der Waals surface area contributed by atoms with Crippen molar-refractivity contribution in [2.24, 2.45) is 0 Å². The number of hydrogen-bond donors (Lipinski definition) is 1. The Morgan fingerprint density at radius 1 is 1.07 bits per heavy atom. The highest BCUT2D eigenvalue weighted by atomic mass is 19.1. The number of methoxy groups -OCH3 is 2. The number of carbonyl (C=O) groups excluding carboxylic acids is 1. The lowest BCUT2D eigenvalue weighted by Crippen LogP contribution is -3.13. The summed E-state index contributed by atoms with van der Waals surface area (Å²) in [5.74, 6) is -0.171. The maximum atomic E-state index is 14.1. The molecule has 5 nitrogen and oxygen atoms in total. The average Bonchev–Trinajstić information content (AvgIpc) is 2.68. The first-order valence-corrected chi connectivity index (χ1v) is 8.80. The largest absolute Gasteiger partial charge is 0.497 e. The van der Waals surface area contributed by atoms with Gasteiger partial charge in [-0.15, -0.1) is 0 Å². The van der Waals surface area contributed by atoms with Crippen LogP contribution in [0.2, 0.25) is 0 Å². The van der Waals surface area contributed by atoms with Crippen molar-refractivity contribution in [2.45, 2.75) is 6.54 Å². The minimum atomic E-state index is -0.585. The Bertz CT molecular complexity index is 821. The van der Waals surface area contributed by atoms with Gasteiger partial charge < -0.3 is 19.3 Å². The van der Waals surface area contributed by atoms with E-state index in [1.807, 2.05) is 0 Å². The number of amides is 1. The molecule has 0 bridgehead atoms. The van der Waals surface area contributed by atoms with Crippen LogP contribution in [0.4, 0.5) is 8.78 Å². The summed E-state index contributed by atoms with van der Waals surface area (Å²) in [6.45, 7) is 3.03. The number of quaternary nitrogens is 1. The molecule has 1 fully saturated rings. The predicted octanol–water partition coefficient (Wildman–Crippen LogP) is 1.52. The molecule has 1 aliphatic heterocycles. The van der Waals surface area contributed by atoms with E-state index in [2.05, 4.69) is 0 Å². The third-order valence-electron chi connectivity index (χ3n) is 4.85. The second-order valence-corrected chi connectivity index (χ2v) is 6.52. The lowest BCUT2D eigenvalue weighted by molar-refractivity contribution is -0.917. The molecule has 1 amide bonds. The number of ether oxygens (including phenoxy) is 2. The number of halogens is 2. The third-order valence-corrected chi connectivity index (χ3v) is 4.85. The molecule has 1 heterocycles. The first-order chi connectivity index (χ1) is 13.0. The summed E-state index contributed by atoms with van der Waals surface area (Å²) in [4.78, 5) is 15.5. The van der Waals surface area contributed by atoms with E-state index in [4.69, 9.17) is 9.47 Å². The quantitative estimate of drug-likeness (QED) is 0.859. The van der Waals surface area contributed by atoms with Crippen molar-refractivity contribution >= 4 is 5.91 Å². The van der Waals surface area contributed by atoms with Gasteiger partial charge in [0.15, 0.2) is 0 Å². The lowest BCUT2D eigenvalue weighted by atomic mass is 10.1. The number of piperazine rings is 1. The van der Waals surface area contributed by atoms with E-state index in [-0.39, 0.29) is 17.3 Å². The highest BCUT2D eigenvalue weighted by molar-refractivity contribution is 5.94. The van der Waals surface area contributed by atoms with Gasteiger partial charge in [-0.25, -0.2) is 8.78 Å². The van der Waals surface area contributed by atoms with Crippen LogP contribution in [0.25, 0.3) is 0 Å². The lowest BCUT2D eigenvalue weighted by Gasteiger charge is -2.32. The monoisotopic (exact) mass is 377 g/mol. The minimum absolute atomic E-state index is 0.0473. The highest BCUT2D eigenvalue weighted by Gasteiger charge is 2.27. The molecule has 3 rings (SSSR count).